The van der Waals surface area contributed by atoms with Gasteiger partial charge in [-0.3, -0.25) is 0 Å². The zero-order chi connectivity index (χ0) is 15.6. The van der Waals surface area contributed by atoms with Crippen LogP contribution in [0.2, 0.25) is 0 Å². The van der Waals surface area contributed by atoms with E-state index in [9.17, 15) is 4.79 Å². The molecule has 0 aliphatic heterocycles. The molecule has 0 amide bonds. The van der Waals surface area contributed by atoms with Gasteiger partial charge in [-0.2, -0.15) is 0 Å². The van der Waals surface area contributed by atoms with E-state index in [4.69, 9.17) is 15.2 Å². The van der Waals surface area contributed by atoms with Crippen molar-refractivity contribution in [3.63, 3.8) is 0 Å². The summed E-state index contributed by atoms with van der Waals surface area (Å²) in [6.45, 7) is 5.49. The van der Waals surface area contributed by atoms with Crippen molar-refractivity contribution < 1.29 is 14.3 Å². The van der Waals surface area contributed by atoms with E-state index in [0.717, 1.165) is 16.2 Å². The molecule has 0 fully saturated rings. The Labute approximate surface area is 128 Å². The Balaban J connectivity index is 2.37. The lowest BCUT2D eigenvalue weighted by molar-refractivity contribution is 0.00764. The van der Waals surface area contributed by atoms with Gasteiger partial charge in [-0.25, -0.2) is 4.79 Å². The number of nitrogens with two attached hydrogens (primary N) is 1. The number of anilines is 1. The highest BCUT2D eigenvalue weighted by Gasteiger charge is 2.23. The van der Waals surface area contributed by atoms with E-state index in [1.165, 1.54) is 11.3 Å². The topological polar surface area (TPSA) is 61.5 Å². The number of thiophene rings is 1. The molecule has 21 heavy (non-hydrogen) atoms. The molecule has 0 spiro atoms. The zero-order valence-corrected chi connectivity index (χ0v) is 13.4. The Bertz CT molecular complexity index is 656. The van der Waals surface area contributed by atoms with Gasteiger partial charge in [0, 0.05) is 10.4 Å². The molecule has 112 valence electrons. The molecule has 0 saturated heterocycles. The third-order valence-electron chi connectivity index (χ3n) is 2.72. The molecule has 1 aromatic heterocycles. The lowest BCUT2D eigenvalue weighted by atomic mass is 10.1. The molecule has 0 bridgehead atoms. The smallest absolute Gasteiger partial charge is 0.350 e. The number of ether oxygens (including phenoxy) is 2. The maximum absolute atomic E-state index is 12.2. The summed E-state index contributed by atoms with van der Waals surface area (Å²) in [5, 5.41) is 0. The molecule has 0 atom stereocenters. The third kappa shape index (κ3) is 3.55. The predicted octanol–water partition coefficient (Wildman–Crippen LogP) is 3.96. The molecule has 0 radical (unpaired) electrons. The van der Waals surface area contributed by atoms with Crippen molar-refractivity contribution in [2.75, 3.05) is 12.8 Å². The fraction of sp³-hybridized carbons (Fsp3) is 0.312. The lowest BCUT2D eigenvalue weighted by Gasteiger charge is -2.18. The minimum Gasteiger partial charge on any atom is -0.496 e. The van der Waals surface area contributed by atoms with E-state index in [-0.39, 0.29) is 0 Å². The van der Waals surface area contributed by atoms with Gasteiger partial charge in [0.2, 0.25) is 0 Å². The summed E-state index contributed by atoms with van der Waals surface area (Å²) >= 11 is 1.31. The highest BCUT2D eigenvalue weighted by atomic mass is 32.1. The van der Waals surface area contributed by atoms with Crippen LogP contribution >= 0.6 is 11.3 Å². The third-order valence-corrected chi connectivity index (χ3v) is 3.88. The predicted molar refractivity (Wildman–Crippen MR) is 85.9 cm³/mol. The van der Waals surface area contributed by atoms with Gasteiger partial charge in [0.15, 0.2) is 0 Å². The first kappa shape index (κ1) is 15.4. The maximum Gasteiger partial charge on any atom is 0.350 e. The molecule has 0 aliphatic rings. The summed E-state index contributed by atoms with van der Waals surface area (Å²) in [7, 11) is 1.62. The normalized spacial score (nSPS) is 11.2. The van der Waals surface area contributed by atoms with Crippen molar-refractivity contribution in [1.29, 1.82) is 0 Å². The van der Waals surface area contributed by atoms with Crippen LogP contribution in [0.25, 0.3) is 10.4 Å². The van der Waals surface area contributed by atoms with Gasteiger partial charge in [0.25, 0.3) is 0 Å². The highest BCUT2D eigenvalue weighted by molar-refractivity contribution is 7.18. The van der Waals surface area contributed by atoms with Gasteiger partial charge >= 0.3 is 5.97 Å². The van der Waals surface area contributed by atoms with Gasteiger partial charge < -0.3 is 15.2 Å². The van der Waals surface area contributed by atoms with Crippen molar-refractivity contribution in [3.8, 4) is 16.2 Å². The molecule has 2 N–H and O–H groups in total. The number of para-hydroxylation sites is 1. The molecule has 2 rings (SSSR count). The lowest BCUT2D eigenvalue weighted by Crippen LogP contribution is -2.23. The Kier molecular flexibility index (Phi) is 4.23. The summed E-state index contributed by atoms with van der Waals surface area (Å²) in [5.74, 6) is 0.348. The van der Waals surface area contributed by atoms with Crippen LogP contribution in [0.1, 0.15) is 30.4 Å². The number of methoxy groups -OCH3 is 1. The average Bonchev–Trinajstić information content (AvgIpc) is 2.79. The van der Waals surface area contributed by atoms with Crippen LogP contribution < -0.4 is 10.5 Å². The van der Waals surface area contributed by atoms with Gasteiger partial charge in [0.05, 0.1) is 12.8 Å². The molecule has 2 aromatic rings. The van der Waals surface area contributed by atoms with Crippen LogP contribution in [-0.2, 0) is 4.74 Å². The first-order valence-corrected chi connectivity index (χ1v) is 7.39. The Hall–Kier alpha value is -2.01. The minimum atomic E-state index is -0.544. The number of benzene rings is 1. The molecule has 0 unspecified atom stereocenters. The SMILES string of the molecule is COc1ccccc1-c1cc(N)c(C(=O)OC(C)(C)C)s1. The summed E-state index contributed by atoms with van der Waals surface area (Å²) in [5.41, 5.74) is 6.75. The number of hydrogen-bond acceptors (Lipinski definition) is 5. The monoisotopic (exact) mass is 305 g/mol. The summed E-state index contributed by atoms with van der Waals surface area (Å²) in [6.07, 6.45) is 0. The second-order valence-electron chi connectivity index (χ2n) is 5.60. The Morgan fingerprint density at radius 3 is 2.52 bits per heavy atom. The van der Waals surface area contributed by atoms with E-state index >= 15 is 0 Å². The number of carbonyl (C=O) groups excluding carboxylic acids is 1. The molecule has 4 nitrogen and oxygen atoms in total. The van der Waals surface area contributed by atoms with E-state index in [0.29, 0.717) is 10.6 Å². The molecule has 0 saturated carbocycles. The van der Waals surface area contributed by atoms with E-state index in [1.54, 1.807) is 13.2 Å². The van der Waals surface area contributed by atoms with E-state index < -0.39 is 11.6 Å². The van der Waals surface area contributed by atoms with Gasteiger partial charge in [-0.15, -0.1) is 11.3 Å². The van der Waals surface area contributed by atoms with Crippen molar-refractivity contribution in [1.82, 2.24) is 0 Å². The zero-order valence-electron chi connectivity index (χ0n) is 12.6. The van der Waals surface area contributed by atoms with Gasteiger partial charge in [-0.05, 0) is 39.0 Å². The van der Waals surface area contributed by atoms with Crippen molar-refractivity contribution in [2.45, 2.75) is 26.4 Å². The summed E-state index contributed by atoms with van der Waals surface area (Å²) in [6, 6.07) is 9.40. The molecule has 5 heteroatoms. The number of rotatable bonds is 3. The van der Waals surface area contributed by atoms with Crippen molar-refractivity contribution >= 4 is 23.0 Å². The number of carbonyl (C=O) groups is 1. The van der Waals surface area contributed by atoms with Crippen LogP contribution in [0.15, 0.2) is 30.3 Å². The second kappa shape index (κ2) is 5.77. The van der Waals surface area contributed by atoms with Crippen LogP contribution in [0, 0.1) is 0 Å². The molecule has 0 aliphatic carbocycles. The van der Waals surface area contributed by atoms with E-state index in [2.05, 4.69) is 0 Å². The Morgan fingerprint density at radius 2 is 1.90 bits per heavy atom. The second-order valence-corrected chi connectivity index (χ2v) is 6.65. The minimum absolute atomic E-state index is 0.397. The maximum atomic E-state index is 12.2. The summed E-state index contributed by atoms with van der Waals surface area (Å²) < 4.78 is 10.7. The van der Waals surface area contributed by atoms with Crippen molar-refractivity contribution in [2.24, 2.45) is 0 Å². The van der Waals surface area contributed by atoms with Crippen molar-refractivity contribution in [3.05, 3.63) is 35.2 Å². The van der Waals surface area contributed by atoms with Crippen LogP contribution in [0.4, 0.5) is 5.69 Å². The quantitative estimate of drug-likeness (QED) is 0.872. The fourth-order valence-electron chi connectivity index (χ4n) is 1.87. The number of nitrogen functional groups attached to an aromatic ring is 1. The average molecular weight is 305 g/mol. The number of esters is 1. The number of hydrogen-bond donors (Lipinski definition) is 1. The Morgan fingerprint density at radius 1 is 1.24 bits per heavy atom. The van der Waals surface area contributed by atoms with Crippen LogP contribution in [0.5, 0.6) is 5.75 Å². The molecule has 1 aromatic carbocycles. The molecular weight excluding hydrogens is 286 g/mol. The van der Waals surface area contributed by atoms with Gasteiger partial charge in [-0.1, -0.05) is 12.1 Å². The summed E-state index contributed by atoms with van der Waals surface area (Å²) in [4.78, 5) is 13.5. The standard InChI is InChI=1S/C16H19NO3S/c1-16(2,3)20-15(18)14-11(17)9-13(21-14)10-7-5-6-8-12(10)19-4/h5-9H,17H2,1-4H3. The fourth-order valence-corrected chi connectivity index (χ4v) is 2.86. The highest BCUT2D eigenvalue weighted by Crippen LogP contribution is 2.38. The largest absolute Gasteiger partial charge is 0.496 e. The first-order valence-electron chi connectivity index (χ1n) is 6.58. The van der Waals surface area contributed by atoms with E-state index in [1.807, 2.05) is 45.0 Å². The van der Waals surface area contributed by atoms with Crippen LogP contribution in [-0.4, -0.2) is 18.7 Å². The van der Waals surface area contributed by atoms with Crippen LogP contribution in [0.3, 0.4) is 0 Å². The van der Waals surface area contributed by atoms with Gasteiger partial charge in [0.1, 0.15) is 16.2 Å². The molecular formula is C16H19NO3S. The molecule has 1 heterocycles. The first-order chi connectivity index (χ1) is 9.81.